The van der Waals surface area contributed by atoms with Crippen LogP contribution in [-0.4, -0.2) is 24.8 Å². The number of unbranched alkanes of at least 4 members (excludes halogenated alkanes) is 4. The van der Waals surface area contributed by atoms with Gasteiger partial charge in [0.2, 0.25) is 0 Å². The Kier molecular flexibility index (Phi) is 7.14. The smallest absolute Gasteiger partial charge is 0.0807 e. The van der Waals surface area contributed by atoms with E-state index in [0.717, 1.165) is 13.2 Å². The summed E-state index contributed by atoms with van der Waals surface area (Å²) >= 11 is 0. The largest absolute Gasteiger partial charge is 0.374 e. The molecule has 0 aliphatic carbocycles. The summed E-state index contributed by atoms with van der Waals surface area (Å²) in [5.41, 5.74) is 0.0980. The Labute approximate surface area is 108 Å². The Morgan fingerprint density at radius 2 is 1.94 bits per heavy atom. The van der Waals surface area contributed by atoms with Gasteiger partial charge in [0.05, 0.1) is 5.60 Å². The second-order valence-electron chi connectivity index (χ2n) is 5.58. The van der Waals surface area contributed by atoms with Crippen molar-refractivity contribution in [3.8, 4) is 0 Å². The van der Waals surface area contributed by atoms with Gasteiger partial charge in [-0.15, -0.1) is 0 Å². The molecule has 0 spiro atoms. The highest BCUT2D eigenvalue weighted by molar-refractivity contribution is 4.92. The third-order valence-corrected chi connectivity index (χ3v) is 4.03. The molecule has 0 aromatic carbocycles. The molecule has 1 N–H and O–H groups in total. The molecule has 0 amide bonds. The first-order valence-corrected chi connectivity index (χ1v) is 7.60. The Morgan fingerprint density at radius 1 is 1.18 bits per heavy atom. The predicted octanol–water partition coefficient (Wildman–Crippen LogP) is 3.89. The topological polar surface area (TPSA) is 21.3 Å². The van der Waals surface area contributed by atoms with Crippen LogP contribution in [0.25, 0.3) is 0 Å². The van der Waals surface area contributed by atoms with Gasteiger partial charge in [0, 0.05) is 12.6 Å². The molecule has 2 unspecified atom stereocenters. The predicted molar refractivity (Wildman–Crippen MR) is 74.4 cm³/mol. The zero-order valence-electron chi connectivity index (χ0n) is 12.1. The fourth-order valence-corrected chi connectivity index (χ4v) is 2.90. The van der Waals surface area contributed by atoms with E-state index in [2.05, 4.69) is 26.1 Å². The minimum absolute atomic E-state index is 0.0980. The number of hydrogen-bond acceptors (Lipinski definition) is 2. The highest BCUT2D eigenvalue weighted by Gasteiger charge is 2.37. The minimum Gasteiger partial charge on any atom is -0.374 e. The quantitative estimate of drug-likeness (QED) is 0.618. The van der Waals surface area contributed by atoms with Crippen LogP contribution >= 0.6 is 0 Å². The van der Waals surface area contributed by atoms with Crippen molar-refractivity contribution in [3.05, 3.63) is 0 Å². The van der Waals surface area contributed by atoms with Crippen molar-refractivity contribution in [2.45, 2.75) is 83.8 Å². The van der Waals surface area contributed by atoms with Gasteiger partial charge < -0.3 is 10.1 Å². The molecule has 0 bridgehead atoms. The van der Waals surface area contributed by atoms with Crippen molar-refractivity contribution in [1.29, 1.82) is 0 Å². The van der Waals surface area contributed by atoms with Crippen molar-refractivity contribution in [2.75, 3.05) is 13.2 Å². The molecule has 17 heavy (non-hydrogen) atoms. The van der Waals surface area contributed by atoms with Gasteiger partial charge in [0.1, 0.15) is 0 Å². The molecule has 1 fully saturated rings. The van der Waals surface area contributed by atoms with Gasteiger partial charge in [-0.25, -0.2) is 0 Å². The maximum absolute atomic E-state index is 5.97. The van der Waals surface area contributed by atoms with Crippen molar-refractivity contribution < 1.29 is 4.74 Å². The Morgan fingerprint density at radius 3 is 2.53 bits per heavy atom. The van der Waals surface area contributed by atoms with E-state index in [0.29, 0.717) is 6.04 Å². The minimum atomic E-state index is 0.0980. The van der Waals surface area contributed by atoms with Crippen LogP contribution in [0.1, 0.15) is 72.1 Å². The summed E-state index contributed by atoms with van der Waals surface area (Å²) in [7, 11) is 0. The lowest BCUT2D eigenvalue weighted by atomic mass is 9.89. The number of ether oxygens (including phenoxy) is 1. The van der Waals surface area contributed by atoms with Gasteiger partial charge in [-0.2, -0.15) is 0 Å². The molecule has 1 aliphatic rings. The van der Waals surface area contributed by atoms with Crippen molar-refractivity contribution in [2.24, 2.45) is 0 Å². The first-order chi connectivity index (χ1) is 8.23. The molecule has 0 aromatic rings. The lowest BCUT2D eigenvalue weighted by Gasteiger charge is -2.34. The Bertz CT molecular complexity index is 187. The van der Waals surface area contributed by atoms with E-state index < -0.39 is 0 Å². The van der Waals surface area contributed by atoms with Crippen LogP contribution in [-0.2, 0) is 4.74 Å². The summed E-state index contributed by atoms with van der Waals surface area (Å²) < 4.78 is 5.97. The van der Waals surface area contributed by atoms with E-state index in [9.17, 15) is 0 Å². The molecule has 0 radical (unpaired) electrons. The van der Waals surface area contributed by atoms with E-state index in [1.807, 2.05) is 0 Å². The van der Waals surface area contributed by atoms with Gasteiger partial charge in [-0.1, -0.05) is 46.0 Å². The number of rotatable bonds is 9. The number of likely N-dealkylation sites (N-methyl/N-ethyl adjacent to an activating group) is 1. The van der Waals surface area contributed by atoms with Crippen LogP contribution < -0.4 is 5.32 Å². The first kappa shape index (κ1) is 15.0. The van der Waals surface area contributed by atoms with E-state index in [1.165, 1.54) is 51.4 Å². The van der Waals surface area contributed by atoms with Crippen LogP contribution in [0.4, 0.5) is 0 Å². The summed E-state index contributed by atoms with van der Waals surface area (Å²) in [4.78, 5) is 0. The zero-order valence-corrected chi connectivity index (χ0v) is 12.1. The summed E-state index contributed by atoms with van der Waals surface area (Å²) in [6.45, 7) is 8.77. The molecular formula is C15H31NO. The molecule has 1 heterocycles. The Hall–Kier alpha value is -0.0800. The number of hydrogen-bond donors (Lipinski definition) is 1. The van der Waals surface area contributed by atoms with E-state index in [-0.39, 0.29) is 5.60 Å². The van der Waals surface area contributed by atoms with Crippen LogP contribution in [0, 0.1) is 0 Å². The molecular weight excluding hydrogens is 210 g/mol. The molecule has 2 heteroatoms. The molecule has 0 saturated carbocycles. The summed E-state index contributed by atoms with van der Waals surface area (Å²) in [5, 5.41) is 3.63. The van der Waals surface area contributed by atoms with Crippen molar-refractivity contribution in [1.82, 2.24) is 5.32 Å². The standard InChI is InChI=1S/C15H31NO/c1-4-6-7-8-9-11-14(16-5-2)15(3)12-10-13-17-15/h14,16H,4-13H2,1-3H3. The molecule has 2 nitrogen and oxygen atoms in total. The first-order valence-electron chi connectivity index (χ1n) is 7.60. The average Bonchev–Trinajstić information content (AvgIpc) is 2.76. The van der Waals surface area contributed by atoms with E-state index in [4.69, 9.17) is 4.74 Å². The van der Waals surface area contributed by atoms with Gasteiger partial charge in [-0.3, -0.25) is 0 Å². The summed E-state index contributed by atoms with van der Waals surface area (Å²) in [6.07, 6.45) is 10.6. The molecule has 1 aliphatic heterocycles. The van der Waals surface area contributed by atoms with Crippen LogP contribution in [0.3, 0.4) is 0 Å². The maximum Gasteiger partial charge on any atom is 0.0807 e. The van der Waals surface area contributed by atoms with Crippen LogP contribution in [0.2, 0.25) is 0 Å². The normalized spacial score (nSPS) is 26.3. The SMILES string of the molecule is CCCCCCCC(NCC)C1(C)CCCO1. The van der Waals surface area contributed by atoms with Gasteiger partial charge in [-0.05, 0) is 32.7 Å². The maximum atomic E-state index is 5.97. The highest BCUT2D eigenvalue weighted by atomic mass is 16.5. The average molecular weight is 241 g/mol. The van der Waals surface area contributed by atoms with Gasteiger partial charge in [0.15, 0.2) is 0 Å². The summed E-state index contributed by atoms with van der Waals surface area (Å²) in [5.74, 6) is 0. The zero-order chi connectivity index (χ0) is 12.6. The van der Waals surface area contributed by atoms with Crippen molar-refractivity contribution >= 4 is 0 Å². The van der Waals surface area contributed by atoms with Gasteiger partial charge in [0.25, 0.3) is 0 Å². The monoisotopic (exact) mass is 241 g/mol. The van der Waals surface area contributed by atoms with E-state index in [1.54, 1.807) is 0 Å². The van der Waals surface area contributed by atoms with Gasteiger partial charge >= 0.3 is 0 Å². The highest BCUT2D eigenvalue weighted by Crippen LogP contribution is 2.31. The fraction of sp³-hybridized carbons (Fsp3) is 1.00. The third kappa shape index (κ3) is 4.97. The molecule has 0 aromatic heterocycles. The molecule has 102 valence electrons. The van der Waals surface area contributed by atoms with Crippen LogP contribution in [0.15, 0.2) is 0 Å². The lowest BCUT2D eigenvalue weighted by molar-refractivity contribution is -0.0140. The lowest BCUT2D eigenvalue weighted by Crippen LogP contribution is -2.48. The van der Waals surface area contributed by atoms with Crippen molar-refractivity contribution in [3.63, 3.8) is 0 Å². The third-order valence-electron chi connectivity index (χ3n) is 4.03. The fourth-order valence-electron chi connectivity index (χ4n) is 2.90. The molecule has 2 atom stereocenters. The number of nitrogens with one attached hydrogen (secondary N) is 1. The molecule has 1 saturated heterocycles. The molecule has 1 rings (SSSR count). The van der Waals surface area contributed by atoms with Crippen LogP contribution in [0.5, 0.6) is 0 Å². The summed E-state index contributed by atoms with van der Waals surface area (Å²) in [6, 6.07) is 0.552. The second-order valence-corrected chi connectivity index (χ2v) is 5.58. The van der Waals surface area contributed by atoms with E-state index >= 15 is 0 Å². The second kappa shape index (κ2) is 8.10. The Balaban J connectivity index is 2.27.